The first-order valence-corrected chi connectivity index (χ1v) is 9.99. The molecule has 2 amide bonds. The Morgan fingerprint density at radius 1 is 0.815 bits per heavy atom. The van der Waals surface area contributed by atoms with E-state index in [1.165, 1.54) is 25.7 Å². The van der Waals surface area contributed by atoms with Crippen molar-refractivity contribution in [3.05, 3.63) is 59.7 Å². The molecular formula is C23H27N3O. The number of likely N-dealkylation sites (tertiary alicyclic amines) is 1. The lowest BCUT2D eigenvalue weighted by Gasteiger charge is -2.26. The number of nitrogens with one attached hydrogen (secondary N) is 1. The maximum atomic E-state index is 13.2. The largest absolute Gasteiger partial charge is 0.336 e. The van der Waals surface area contributed by atoms with Crippen molar-refractivity contribution in [1.82, 2.24) is 10.2 Å². The number of anilines is 2. The number of urea groups is 1. The van der Waals surface area contributed by atoms with Crippen LogP contribution in [0.25, 0.3) is 12.2 Å². The Balaban J connectivity index is 1.51. The summed E-state index contributed by atoms with van der Waals surface area (Å²) < 4.78 is 0. The van der Waals surface area contributed by atoms with E-state index in [1.807, 2.05) is 41.3 Å². The number of carbonyl (C=O) groups is 1. The van der Waals surface area contributed by atoms with E-state index < -0.39 is 0 Å². The van der Waals surface area contributed by atoms with E-state index in [9.17, 15) is 4.79 Å². The van der Waals surface area contributed by atoms with Crippen molar-refractivity contribution >= 4 is 29.6 Å². The number of fused-ring (bicyclic) bond motifs is 2. The van der Waals surface area contributed by atoms with Gasteiger partial charge in [-0.15, -0.1) is 0 Å². The molecule has 0 spiro atoms. The van der Waals surface area contributed by atoms with Gasteiger partial charge in [0.15, 0.2) is 0 Å². The van der Waals surface area contributed by atoms with Crippen molar-refractivity contribution < 1.29 is 4.79 Å². The highest BCUT2D eigenvalue weighted by Crippen LogP contribution is 2.36. The summed E-state index contributed by atoms with van der Waals surface area (Å²) in [5.41, 5.74) is 3.95. The molecule has 0 aliphatic carbocycles. The van der Waals surface area contributed by atoms with Crippen LogP contribution in [0.2, 0.25) is 0 Å². The van der Waals surface area contributed by atoms with Crippen molar-refractivity contribution in [2.24, 2.45) is 0 Å². The average Bonchev–Trinajstić information content (AvgIpc) is 3.05. The Hall–Kier alpha value is -2.59. The summed E-state index contributed by atoms with van der Waals surface area (Å²) >= 11 is 0. The van der Waals surface area contributed by atoms with Gasteiger partial charge in [0, 0.05) is 13.1 Å². The predicted molar refractivity (Wildman–Crippen MR) is 112 cm³/mol. The molecule has 0 atom stereocenters. The number of carbonyl (C=O) groups excluding carboxylic acids is 1. The van der Waals surface area contributed by atoms with Crippen LogP contribution >= 0.6 is 0 Å². The molecule has 2 aromatic rings. The normalized spacial score (nSPS) is 16.8. The van der Waals surface area contributed by atoms with Crippen LogP contribution in [-0.4, -0.2) is 37.1 Å². The van der Waals surface area contributed by atoms with E-state index in [1.54, 1.807) is 0 Å². The second kappa shape index (κ2) is 8.40. The van der Waals surface area contributed by atoms with Gasteiger partial charge in [-0.1, -0.05) is 61.4 Å². The molecule has 1 fully saturated rings. The Labute approximate surface area is 161 Å². The summed E-state index contributed by atoms with van der Waals surface area (Å²) in [6, 6.07) is 16.0. The molecule has 2 aromatic carbocycles. The number of amides is 2. The molecule has 2 heterocycles. The molecule has 1 saturated heterocycles. The van der Waals surface area contributed by atoms with Crippen LogP contribution in [0.4, 0.5) is 16.2 Å². The zero-order valence-corrected chi connectivity index (χ0v) is 15.7. The number of para-hydroxylation sites is 2. The maximum absolute atomic E-state index is 13.2. The average molecular weight is 361 g/mol. The molecule has 0 aromatic heterocycles. The van der Waals surface area contributed by atoms with E-state index in [0.717, 1.165) is 42.1 Å². The summed E-state index contributed by atoms with van der Waals surface area (Å²) in [5.74, 6) is 0. The summed E-state index contributed by atoms with van der Waals surface area (Å²) in [7, 11) is 0. The maximum Gasteiger partial charge on any atom is 0.326 e. The molecule has 140 valence electrons. The highest BCUT2D eigenvalue weighted by molar-refractivity contribution is 6.05. The van der Waals surface area contributed by atoms with Crippen LogP contribution < -0.4 is 10.2 Å². The van der Waals surface area contributed by atoms with Gasteiger partial charge in [0.25, 0.3) is 0 Å². The van der Waals surface area contributed by atoms with E-state index in [2.05, 4.69) is 34.5 Å². The second-order valence-electron chi connectivity index (χ2n) is 7.27. The molecule has 4 heteroatoms. The SMILES string of the molecule is O=C(NCCN1CCCCCC1)N1c2ccccc2C=Cc2ccccc21. The smallest absolute Gasteiger partial charge is 0.326 e. The van der Waals surface area contributed by atoms with Gasteiger partial charge < -0.3 is 10.2 Å². The third kappa shape index (κ3) is 4.06. The fourth-order valence-electron chi connectivity index (χ4n) is 3.95. The molecule has 0 saturated carbocycles. The Kier molecular flexibility index (Phi) is 5.54. The number of rotatable bonds is 3. The van der Waals surface area contributed by atoms with E-state index >= 15 is 0 Å². The zero-order valence-electron chi connectivity index (χ0n) is 15.7. The topological polar surface area (TPSA) is 35.6 Å². The summed E-state index contributed by atoms with van der Waals surface area (Å²) in [6.07, 6.45) is 9.37. The van der Waals surface area contributed by atoms with Crippen LogP contribution in [0.1, 0.15) is 36.8 Å². The van der Waals surface area contributed by atoms with Gasteiger partial charge in [-0.05, 0) is 49.2 Å². The summed E-state index contributed by atoms with van der Waals surface area (Å²) in [4.78, 5) is 17.4. The molecule has 0 radical (unpaired) electrons. The van der Waals surface area contributed by atoms with Gasteiger partial charge in [-0.25, -0.2) is 4.79 Å². The molecule has 0 unspecified atom stereocenters. The third-order valence-electron chi connectivity index (χ3n) is 5.40. The first-order valence-electron chi connectivity index (χ1n) is 9.99. The quantitative estimate of drug-likeness (QED) is 0.844. The van der Waals surface area contributed by atoms with Crippen LogP contribution in [0.15, 0.2) is 48.5 Å². The number of hydrogen-bond donors (Lipinski definition) is 1. The lowest BCUT2D eigenvalue weighted by atomic mass is 10.1. The minimum Gasteiger partial charge on any atom is -0.336 e. The van der Waals surface area contributed by atoms with Crippen molar-refractivity contribution in [3.63, 3.8) is 0 Å². The number of benzene rings is 2. The lowest BCUT2D eigenvalue weighted by Crippen LogP contribution is -2.41. The molecule has 4 rings (SSSR count). The molecule has 0 bridgehead atoms. The van der Waals surface area contributed by atoms with Gasteiger partial charge in [0.05, 0.1) is 11.4 Å². The molecular weight excluding hydrogens is 334 g/mol. The Morgan fingerprint density at radius 2 is 1.37 bits per heavy atom. The van der Waals surface area contributed by atoms with Crippen LogP contribution in [-0.2, 0) is 0 Å². The first-order chi connectivity index (χ1) is 13.3. The second-order valence-corrected chi connectivity index (χ2v) is 7.27. The minimum atomic E-state index is -0.0616. The molecule has 2 aliphatic heterocycles. The molecule has 4 nitrogen and oxygen atoms in total. The lowest BCUT2D eigenvalue weighted by molar-refractivity contribution is 0.243. The molecule has 27 heavy (non-hydrogen) atoms. The third-order valence-corrected chi connectivity index (χ3v) is 5.40. The highest BCUT2D eigenvalue weighted by atomic mass is 16.2. The summed E-state index contributed by atoms with van der Waals surface area (Å²) in [6.45, 7) is 3.89. The van der Waals surface area contributed by atoms with Crippen LogP contribution in [0, 0.1) is 0 Å². The minimum absolute atomic E-state index is 0.0616. The highest BCUT2D eigenvalue weighted by Gasteiger charge is 2.23. The van der Waals surface area contributed by atoms with Crippen molar-refractivity contribution in [1.29, 1.82) is 0 Å². The predicted octanol–water partition coefficient (Wildman–Crippen LogP) is 4.89. The molecule has 1 N–H and O–H groups in total. The van der Waals surface area contributed by atoms with E-state index in [0.29, 0.717) is 6.54 Å². The molecule has 2 aliphatic rings. The van der Waals surface area contributed by atoms with Crippen molar-refractivity contribution in [2.75, 3.05) is 31.1 Å². The van der Waals surface area contributed by atoms with E-state index in [4.69, 9.17) is 0 Å². The van der Waals surface area contributed by atoms with E-state index in [-0.39, 0.29) is 6.03 Å². The van der Waals surface area contributed by atoms with Crippen molar-refractivity contribution in [3.8, 4) is 0 Å². The van der Waals surface area contributed by atoms with Gasteiger partial charge in [-0.2, -0.15) is 0 Å². The van der Waals surface area contributed by atoms with Crippen LogP contribution in [0.5, 0.6) is 0 Å². The van der Waals surface area contributed by atoms with Gasteiger partial charge >= 0.3 is 6.03 Å². The first kappa shape index (κ1) is 17.8. The standard InChI is InChI=1S/C23H27N3O/c27-23(24-15-18-25-16-7-1-2-8-17-25)26-21-11-5-3-9-19(21)13-14-20-10-4-6-12-22(20)26/h3-6,9-14H,1-2,7-8,15-18H2,(H,24,27). The monoisotopic (exact) mass is 361 g/mol. The fraction of sp³-hybridized carbons (Fsp3) is 0.348. The van der Waals surface area contributed by atoms with Crippen molar-refractivity contribution in [2.45, 2.75) is 25.7 Å². The summed E-state index contributed by atoms with van der Waals surface area (Å²) in [5, 5.41) is 3.15. The number of nitrogens with zero attached hydrogens (tertiary/aromatic N) is 2. The van der Waals surface area contributed by atoms with Crippen LogP contribution in [0.3, 0.4) is 0 Å². The number of hydrogen-bond acceptors (Lipinski definition) is 2. The fourth-order valence-corrected chi connectivity index (χ4v) is 3.95. The Morgan fingerprint density at radius 3 is 1.96 bits per heavy atom. The zero-order chi connectivity index (χ0) is 18.5. The van der Waals surface area contributed by atoms with Gasteiger partial charge in [0.1, 0.15) is 0 Å². The Bertz CT molecular complexity index is 772. The van der Waals surface area contributed by atoms with Gasteiger partial charge in [0.2, 0.25) is 0 Å². The van der Waals surface area contributed by atoms with Gasteiger partial charge in [-0.3, -0.25) is 4.90 Å².